The molecule has 3 N–H and O–H groups in total. The lowest BCUT2D eigenvalue weighted by Crippen LogP contribution is -2.28. The van der Waals surface area contributed by atoms with Gasteiger partial charge >= 0.3 is 5.97 Å². The van der Waals surface area contributed by atoms with Crippen LogP contribution in [0.1, 0.15) is 19.4 Å². The minimum Gasteiger partial charge on any atom is -0.476 e. The number of carbonyl (C=O) groups is 3. The van der Waals surface area contributed by atoms with Crippen LogP contribution in [0, 0.1) is 5.82 Å². The zero-order valence-electron chi connectivity index (χ0n) is 13.3. The number of carbonyl (C=O) groups excluding carboxylic acids is 2. The van der Waals surface area contributed by atoms with Crippen molar-refractivity contribution >= 4 is 34.7 Å². The van der Waals surface area contributed by atoms with Gasteiger partial charge < -0.3 is 15.2 Å². The van der Waals surface area contributed by atoms with Gasteiger partial charge in [0.25, 0.3) is 0 Å². The maximum Gasteiger partial charge on any atom is 0.360 e. The number of anilines is 2. The molecule has 9 heteroatoms. The molecular weight excluding hydrogens is 321 g/mol. The quantitative estimate of drug-likeness (QED) is 0.407. The third kappa shape index (κ3) is 2.98. The van der Waals surface area contributed by atoms with Crippen molar-refractivity contribution in [3.8, 4) is 0 Å². The van der Waals surface area contributed by atoms with Gasteiger partial charge in [0.15, 0.2) is 5.82 Å². The molecule has 0 aromatic heterocycles. The van der Waals surface area contributed by atoms with Gasteiger partial charge in [0, 0.05) is 18.4 Å². The highest BCUT2D eigenvalue weighted by molar-refractivity contribution is 6.64. The molecule has 1 amide bonds. The summed E-state index contributed by atoms with van der Waals surface area (Å²) in [4.78, 5) is 34.5. The van der Waals surface area contributed by atoms with Gasteiger partial charge in [-0.25, -0.2) is 9.18 Å². The number of aliphatic carboxylic acids is 1. The van der Waals surface area contributed by atoms with Crippen LogP contribution in [0.15, 0.2) is 17.2 Å². The summed E-state index contributed by atoms with van der Waals surface area (Å²) in [6.45, 7) is 2.66. The molecule has 128 valence electrons. The van der Waals surface area contributed by atoms with Gasteiger partial charge in [-0.15, -0.1) is 0 Å². The summed E-state index contributed by atoms with van der Waals surface area (Å²) in [6.07, 6.45) is 0. The van der Waals surface area contributed by atoms with Crippen LogP contribution in [0.25, 0.3) is 0 Å². The molecule has 0 saturated heterocycles. The maximum atomic E-state index is 14.7. The van der Waals surface area contributed by atoms with E-state index in [0.29, 0.717) is 5.69 Å². The fourth-order valence-corrected chi connectivity index (χ4v) is 2.31. The molecule has 0 atom stereocenters. The van der Waals surface area contributed by atoms with Crippen molar-refractivity contribution in [3.63, 3.8) is 0 Å². The van der Waals surface area contributed by atoms with Crippen LogP contribution in [-0.2, 0) is 24.5 Å². The first-order chi connectivity index (χ1) is 11.2. The molecule has 1 aliphatic heterocycles. The van der Waals surface area contributed by atoms with E-state index in [0.717, 1.165) is 0 Å². The highest BCUT2D eigenvalue weighted by Crippen LogP contribution is 2.41. The van der Waals surface area contributed by atoms with Crippen LogP contribution in [0.5, 0.6) is 0 Å². The highest BCUT2D eigenvalue weighted by Gasteiger charge is 2.41. The monoisotopic (exact) mass is 337 g/mol. The molecule has 0 unspecified atom stereocenters. The van der Waals surface area contributed by atoms with E-state index in [4.69, 9.17) is 5.11 Å². The molecule has 2 rings (SSSR count). The number of nitrogens with one attached hydrogen (secondary N) is 2. The molecule has 0 spiro atoms. The summed E-state index contributed by atoms with van der Waals surface area (Å²) in [5, 5.41) is 15.0. The lowest BCUT2D eigenvalue weighted by atomic mass is 9.85. The fraction of sp³-hybridized carbons (Fsp3) is 0.333. The Morgan fingerprint density at radius 2 is 2.08 bits per heavy atom. The number of halogens is 1. The van der Waals surface area contributed by atoms with Crippen LogP contribution in [0.2, 0.25) is 0 Å². The van der Waals surface area contributed by atoms with Crippen molar-refractivity contribution in [2.24, 2.45) is 5.10 Å². The number of amides is 1. The van der Waals surface area contributed by atoms with E-state index in [1.807, 2.05) is 0 Å². The number of ketones is 1. The van der Waals surface area contributed by atoms with Crippen LogP contribution < -0.4 is 10.7 Å². The van der Waals surface area contributed by atoms with Crippen LogP contribution in [-0.4, -0.2) is 42.2 Å². The summed E-state index contributed by atoms with van der Waals surface area (Å²) in [6, 6.07) is 2.76. The minimum atomic E-state index is -1.57. The van der Waals surface area contributed by atoms with Crippen molar-refractivity contribution in [1.29, 1.82) is 0 Å². The Morgan fingerprint density at radius 1 is 1.42 bits per heavy atom. The van der Waals surface area contributed by atoms with E-state index in [9.17, 15) is 18.8 Å². The Bertz CT molecular complexity index is 758. The van der Waals surface area contributed by atoms with Crippen LogP contribution in [0.3, 0.4) is 0 Å². The number of Topliss-reactive ketones (excluding diaryl/α,β-unsaturated/α-hetero) is 1. The normalized spacial score (nSPS) is 15.7. The van der Waals surface area contributed by atoms with Crippen molar-refractivity contribution in [1.82, 2.24) is 0 Å². The summed E-state index contributed by atoms with van der Waals surface area (Å²) < 4.78 is 19.2. The number of hydrazone groups is 1. The summed E-state index contributed by atoms with van der Waals surface area (Å²) in [7, 11) is 1.23. The van der Waals surface area contributed by atoms with Gasteiger partial charge in [0.05, 0.1) is 11.1 Å². The summed E-state index contributed by atoms with van der Waals surface area (Å²) >= 11 is 0. The molecule has 1 aliphatic rings. The van der Waals surface area contributed by atoms with Crippen molar-refractivity contribution in [2.75, 3.05) is 24.5 Å². The zero-order chi connectivity index (χ0) is 18.1. The van der Waals surface area contributed by atoms with E-state index < -0.39 is 35.3 Å². The molecule has 0 radical (unpaired) electrons. The van der Waals surface area contributed by atoms with Gasteiger partial charge in [-0.2, -0.15) is 5.10 Å². The second-order valence-electron chi connectivity index (χ2n) is 5.66. The average Bonchev–Trinajstić information content (AvgIpc) is 2.72. The Morgan fingerprint density at radius 3 is 2.67 bits per heavy atom. The first-order valence-electron chi connectivity index (χ1n) is 6.93. The lowest BCUT2D eigenvalue weighted by Gasteiger charge is -2.17. The van der Waals surface area contributed by atoms with Gasteiger partial charge in [0.1, 0.15) is 6.61 Å². The standard InChI is InChI=1S/C15H16FN3O5/c1-15(2)10-7(17-14(15)23)4-5-8(11(10)16)18-19-12(13(21)22)9(20)6-24-3/h4-5,18H,6H2,1-3H3,(H,17,23)(H,21,22)/b19-12+. The Balaban J connectivity index is 2.37. The molecular formula is C15H16FN3O5. The number of methoxy groups -OCH3 is 1. The first-order valence-corrected chi connectivity index (χ1v) is 6.93. The predicted octanol–water partition coefficient (Wildman–Crippen LogP) is 1.12. The zero-order valence-corrected chi connectivity index (χ0v) is 13.3. The second-order valence-corrected chi connectivity index (χ2v) is 5.66. The third-order valence-corrected chi connectivity index (χ3v) is 3.61. The molecule has 0 saturated carbocycles. The Kier molecular flexibility index (Phi) is 4.65. The molecule has 1 aromatic carbocycles. The van der Waals surface area contributed by atoms with E-state index >= 15 is 0 Å². The van der Waals surface area contributed by atoms with Crippen molar-refractivity contribution in [3.05, 3.63) is 23.5 Å². The molecule has 1 heterocycles. The Hall–Kier alpha value is -2.81. The van der Waals surface area contributed by atoms with Gasteiger partial charge in [-0.05, 0) is 26.0 Å². The average molecular weight is 337 g/mol. The number of nitrogens with zero attached hydrogens (tertiary/aromatic N) is 1. The highest BCUT2D eigenvalue weighted by atomic mass is 19.1. The first kappa shape index (κ1) is 17.5. The largest absolute Gasteiger partial charge is 0.476 e. The van der Waals surface area contributed by atoms with E-state index in [-0.39, 0.29) is 17.2 Å². The summed E-state index contributed by atoms with van der Waals surface area (Å²) in [5.41, 5.74) is 0.671. The number of ether oxygens (including phenoxy) is 1. The fourth-order valence-electron chi connectivity index (χ4n) is 2.31. The number of benzene rings is 1. The molecule has 1 aromatic rings. The van der Waals surface area contributed by atoms with E-state index in [2.05, 4.69) is 20.6 Å². The SMILES string of the molecule is COCC(=O)/C(=N\Nc1ccc2c(c1F)C(C)(C)C(=O)N2)C(=O)O. The number of hydrogen-bond acceptors (Lipinski definition) is 6. The van der Waals surface area contributed by atoms with Gasteiger partial charge in [-0.3, -0.25) is 15.0 Å². The molecule has 24 heavy (non-hydrogen) atoms. The Labute approximate surface area is 136 Å². The van der Waals surface area contributed by atoms with E-state index in [1.165, 1.54) is 19.2 Å². The van der Waals surface area contributed by atoms with Crippen LogP contribution in [0.4, 0.5) is 15.8 Å². The predicted molar refractivity (Wildman–Crippen MR) is 83.6 cm³/mol. The number of rotatable bonds is 6. The topological polar surface area (TPSA) is 117 Å². The molecule has 0 aliphatic carbocycles. The van der Waals surface area contributed by atoms with E-state index in [1.54, 1.807) is 13.8 Å². The van der Waals surface area contributed by atoms with Crippen molar-refractivity contribution in [2.45, 2.75) is 19.3 Å². The van der Waals surface area contributed by atoms with Crippen molar-refractivity contribution < 1.29 is 28.6 Å². The van der Waals surface area contributed by atoms with Gasteiger partial charge in [0.2, 0.25) is 17.4 Å². The maximum absolute atomic E-state index is 14.7. The number of carboxylic acid groups (broad SMARTS) is 1. The molecule has 0 fully saturated rings. The minimum absolute atomic E-state index is 0.146. The summed E-state index contributed by atoms with van der Waals surface area (Å²) in [5.74, 6) is -3.53. The lowest BCUT2D eigenvalue weighted by molar-refractivity contribution is -0.130. The third-order valence-electron chi connectivity index (χ3n) is 3.61. The number of carboxylic acids is 1. The number of fused-ring (bicyclic) bond motifs is 1. The number of hydrogen-bond donors (Lipinski definition) is 3. The smallest absolute Gasteiger partial charge is 0.360 e. The van der Waals surface area contributed by atoms with Gasteiger partial charge in [-0.1, -0.05) is 0 Å². The molecule has 8 nitrogen and oxygen atoms in total. The van der Waals surface area contributed by atoms with Crippen LogP contribution >= 0.6 is 0 Å². The second kappa shape index (κ2) is 6.36. The molecule has 0 bridgehead atoms.